The molecule has 0 radical (unpaired) electrons. The molecule has 0 amide bonds. The number of hydrogen-bond donors (Lipinski definition) is 1. The van der Waals surface area contributed by atoms with Gasteiger partial charge in [-0.2, -0.15) is 5.10 Å². The maximum Gasteiger partial charge on any atom is 0.122 e. The third-order valence-electron chi connectivity index (χ3n) is 3.84. The second-order valence-electron chi connectivity index (χ2n) is 5.72. The molecule has 0 saturated heterocycles. The molecular formula is C16H19ClN2O. The van der Waals surface area contributed by atoms with Crippen molar-refractivity contribution in [1.29, 1.82) is 0 Å². The van der Waals surface area contributed by atoms with E-state index in [1.165, 1.54) is 18.4 Å². The number of aliphatic hydroxyl groups excluding tert-OH is 1. The fourth-order valence-electron chi connectivity index (χ4n) is 2.69. The van der Waals surface area contributed by atoms with Crippen LogP contribution in [0.5, 0.6) is 0 Å². The first-order valence-corrected chi connectivity index (χ1v) is 7.47. The highest BCUT2D eigenvalue weighted by Crippen LogP contribution is 2.44. The molecule has 1 aromatic heterocycles. The van der Waals surface area contributed by atoms with Gasteiger partial charge in [-0.1, -0.05) is 35.9 Å². The minimum Gasteiger partial charge on any atom is -0.382 e. The van der Waals surface area contributed by atoms with Gasteiger partial charge in [-0.15, -0.1) is 0 Å². The zero-order valence-electron chi connectivity index (χ0n) is 11.8. The molecule has 1 N–H and O–H groups in total. The lowest BCUT2D eigenvalue weighted by Crippen LogP contribution is -2.13. The summed E-state index contributed by atoms with van der Waals surface area (Å²) in [6, 6.07) is 8.27. The smallest absolute Gasteiger partial charge is 0.122 e. The minimum absolute atomic E-state index is 0.167. The molecular weight excluding hydrogens is 272 g/mol. The van der Waals surface area contributed by atoms with Gasteiger partial charge in [0.05, 0.1) is 16.9 Å². The van der Waals surface area contributed by atoms with Crippen LogP contribution in [0.15, 0.2) is 30.5 Å². The van der Waals surface area contributed by atoms with Crippen molar-refractivity contribution in [2.45, 2.75) is 44.8 Å². The predicted molar refractivity (Wildman–Crippen MR) is 80.1 cm³/mol. The molecule has 0 aliphatic heterocycles. The molecule has 0 bridgehead atoms. The average Bonchev–Trinajstić information content (AvgIpc) is 3.20. The van der Waals surface area contributed by atoms with E-state index in [-0.39, 0.29) is 6.04 Å². The molecule has 1 aromatic carbocycles. The van der Waals surface area contributed by atoms with Crippen molar-refractivity contribution in [1.82, 2.24) is 9.78 Å². The second-order valence-corrected chi connectivity index (χ2v) is 6.13. The first-order valence-electron chi connectivity index (χ1n) is 7.09. The predicted octanol–water partition coefficient (Wildman–Crippen LogP) is 4.08. The molecule has 2 aromatic rings. The molecule has 3 nitrogen and oxygen atoms in total. The van der Waals surface area contributed by atoms with Crippen LogP contribution in [0.2, 0.25) is 5.02 Å². The van der Waals surface area contributed by atoms with Crippen molar-refractivity contribution in [2.75, 3.05) is 0 Å². The van der Waals surface area contributed by atoms with Crippen molar-refractivity contribution >= 4 is 11.6 Å². The summed E-state index contributed by atoms with van der Waals surface area (Å²) < 4.78 is 1.80. The quantitative estimate of drug-likeness (QED) is 0.921. The molecule has 1 aliphatic rings. The van der Waals surface area contributed by atoms with Crippen molar-refractivity contribution in [3.8, 4) is 0 Å². The van der Waals surface area contributed by atoms with Gasteiger partial charge in [0.15, 0.2) is 0 Å². The minimum atomic E-state index is -0.718. The molecule has 1 saturated carbocycles. The van der Waals surface area contributed by atoms with Crippen molar-refractivity contribution in [3.05, 3.63) is 52.3 Å². The topological polar surface area (TPSA) is 38.0 Å². The lowest BCUT2D eigenvalue weighted by Gasteiger charge is -2.19. The molecule has 1 heterocycles. The van der Waals surface area contributed by atoms with E-state index in [1.807, 2.05) is 32.0 Å². The van der Waals surface area contributed by atoms with Gasteiger partial charge < -0.3 is 5.11 Å². The third-order valence-corrected chi connectivity index (χ3v) is 4.13. The number of aromatic nitrogens is 2. The number of hydrogen-bond acceptors (Lipinski definition) is 2. The Kier molecular flexibility index (Phi) is 3.57. The van der Waals surface area contributed by atoms with Crippen molar-refractivity contribution in [3.63, 3.8) is 0 Å². The van der Waals surface area contributed by atoms with E-state index in [0.717, 1.165) is 5.56 Å². The van der Waals surface area contributed by atoms with Crippen LogP contribution in [-0.4, -0.2) is 14.9 Å². The molecule has 3 rings (SSSR count). The van der Waals surface area contributed by atoms with Gasteiger partial charge in [0.2, 0.25) is 0 Å². The fourth-order valence-corrected chi connectivity index (χ4v) is 2.92. The first kappa shape index (κ1) is 13.7. The molecule has 106 valence electrons. The van der Waals surface area contributed by atoms with Crippen LogP contribution in [0.25, 0.3) is 0 Å². The number of aliphatic hydroxyl groups is 1. The second kappa shape index (κ2) is 5.23. The van der Waals surface area contributed by atoms with E-state index in [4.69, 9.17) is 11.6 Å². The Hall–Kier alpha value is -1.32. The van der Waals surface area contributed by atoms with Gasteiger partial charge in [0, 0.05) is 6.04 Å². The van der Waals surface area contributed by atoms with Gasteiger partial charge >= 0.3 is 0 Å². The Labute approximate surface area is 124 Å². The van der Waals surface area contributed by atoms with Crippen LogP contribution in [0.3, 0.4) is 0 Å². The largest absolute Gasteiger partial charge is 0.382 e. The summed E-state index contributed by atoms with van der Waals surface area (Å²) in [4.78, 5) is 0. The van der Waals surface area contributed by atoms with E-state index < -0.39 is 6.10 Å². The van der Waals surface area contributed by atoms with E-state index in [9.17, 15) is 5.11 Å². The normalized spacial score (nSPS) is 16.6. The summed E-state index contributed by atoms with van der Waals surface area (Å²) >= 11 is 6.24. The molecule has 20 heavy (non-hydrogen) atoms. The van der Waals surface area contributed by atoms with Crippen molar-refractivity contribution < 1.29 is 5.11 Å². The molecule has 1 fully saturated rings. The lowest BCUT2D eigenvalue weighted by molar-refractivity contribution is 0.204. The Morgan fingerprint density at radius 1 is 1.30 bits per heavy atom. The van der Waals surface area contributed by atoms with Crippen LogP contribution in [0, 0.1) is 0 Å². The number of rotatable bonds is 4. The molecule has 1 unspecified atom stereocenters. The van der Waals surface area contributed by atoms with Crippen LogP contribution < -0.4 is 0 Å². The van der Waals surface area contributed by atoms with E-state index in [0.29, 0.717) is 16.6 Å². The molecule has 1 atom stereocenters. The summed E-state index contributed by atoms with van der Waals surface area (Å²) in [7, 11) is 0. The third kappa shape index (κ3) is 2.36. The van der Waals surface area contributed by atoms with Crippen LogP contribution >= 0.6 is 11.6 Å². The monoisotopic (exact) mass is 290 g/mol. The van der Waals surface area contributed by atoms with E-state index in [1.54, 1.807) is 10.9 Å². The first-order chi connectivity index (χ1) is 9.59. The van der Waals surface area contributed by atoms with Crippen LogP contribution in [0.1, 0.15) is 61.6 Å². The van der Waals surface area contributed by atoms with Gasteiger partial charge in [-0.25, -0.2) is 0 Å². The van der Waals surface area contributed by atoms with Gasteiger partial charge in [-0.3, -0.25) is 4.68 Å². The summed E-state index contributed by atoms with van der Waals surface area (Å²) in [5.41, 5.74) is 2.89. The summed E-state index contributed by atoms with van der Waals surface area (Å²) in [6.07, 6.45) is 3.31. The highest BCUT2D eigenvalue weighted by Gasteiger charge is 2.30. The molecule has 4 heteroatoms. The maximum atomic E-state index is 10.8. The Morgan fingerprint density at radius 2 is 2.00 bits per heavy atom. The fraction of sp³-hybridized carbons (Fsp3) is 0.438. The average molecular weight is 291 g/mol. The maximum absolute atomic E-state index is 10.8. The Bertz CT molecular complexity index is 617. The van der Waals surface area contributed by atoms with Crippen LogP contribution in [0.4, 0.5) is 0 Å². The molecule has 1 aliphatic carbocycles. The SMILES string of the molecule is CC(C)n1ncc(Cl)c1C(O)c1ccccc1C1CC1. The number of halogens is 1. The Morgan fingerprint density at radius 3 is 2.65 bits per heavy atom. The van der Waals surface area contributed by atoms with E-state index in [2.05, 4.69) is 11.2 Å². The lowest BCUT2D eigenvalue weighted by atomic mass is 9.97. The van der Waals surface area contributed by atoms with E-state index >= 15 is 0 Å². The molecule has 0 spiro atoms. The highest BCUT2D eigenvalue weighted by atomic mass is 35.5. The number of benzene rings is 1. The summed E-state index contributed by atoms with van der Waals surface area (Å²) in [6.45, 7) is 4.07. The van der Waals surface area contributed by atoms with Crippen LogP contribution in [-0.2, 0) is 0 Å². The van der Waals surface area contributed by atoms with Gasteiger partial charge in [0.25, 0.3) is 0 Å². The zero-order valence-corrected chi connectivity index (χ0v) is 12.5. The summed E-state index contributed by atoms with van der Waals surface area (Å²) in [5, 5.41) is 15.6. The summed E-state index contributed by atoms with van der Waals surface area (Å²) in [5.74, 6) is 0.593. The standard InChI is InChI=1S/C16H19ClN2O/c1-10(2)19-15(14(17)9-18-19)16(20)13-6-4-3-5-12(13)11-7-8-11/h3-6,9-11,16,20H,7-8H2,1-2H3. The highest BCUT2D eigenvalue weighted by molar-refractivity contribution is 6.31. The zero-order chi connectivity index (χ0) is 14.3. The Balaban J connectivity index is 2.05. The van der Waals surface area contributed by atoms with Gasteiger partial charge in [0.1, 0.15) is 6.10 Å². The van der Waals surface area contributed by atoms with Gasteiger partial charge in [-0.05, 0) is 43.7 Å². The number of nitrogens with zero attached hydrogens (tertiary/aromatic N) is 2. The van der Waals surface area contributed by atoms with Crippen molar-refractivity contribution in [2.24, 2.45) is 0 Å².